The van der Waals surface area contributed by atoms with Gasteiger partial charge in [0.05, 0.1) is 6.61 Å². The summed E-state index contributed by atoms with van der Waals surface area (Å²) in [6.45, 7) is 6.17. The Bertz CT molecular complexity index is 315. The predicted molar refractivity (Wildman–Crippen MR) is 68.4 cm³/mol. The summed E-state index contributed by atoms with van der Waals surface area (Å²) in [4.78, 5) is 2.26. The van der Waals surface area contributed by atoms with E-state index < -0.39 is 0 Å². The van der Waals surface area contributed by atoms with Crippen LogP contribution in [-0.2, 0) is 6.42 Å². The highest BCUT2D eigenvalue weighted by Crippen LogP contribution is 2.15. The number of hydrogen-bond donors (Lipinski definition) is 2. The van der Waals surface area contributed by atoms with Crippen molar-refractivity contribution in [3.63, 3.8) is 0 Å². The molecule has 0 aliphatic heterocycles. The van der Waals surface area contributed by atoms with Gasteiger partial charge in [-0.1, -0.05) is 25.1 Å². The van der Waals surface area contributed by atoms with Gasteiger partial charge >= 0.3 is 0 Å². The maximum Gasteiger partial charge on any atom is 0.0558 e. The van der Waals surface area contributed by atoms with E-state index in [1.54, 1.807) is 0 Å². The smallest absolute Gasteiger partial charge is 0.0558 e. The minimum Gasteiger partial charge on any atom is -0.399 e. The van der Waals surface area contributed by atoms with Crippen molar-refractivity contribution >= 4 is 5.69 Å². The molecule has 0 heterocycles. The highest BCUT2D eigenvalue weighted by atomic mass is 16.3. The van der Waals surface area contributed by atoms with Gasteiger partial charge in [-0.3, -0.25) is 4.90 Å². The Balaban J connectivity index is 2.62. The predicted octanol–water partition coefficient (Wildman–Crippen LogP) is 1.51. The number of nitrogen functional groups attached to an aromatic ring is 1. The molecule has 16 heavy (non-hydrogen) atoms. The first-order valence-electron chi connectivity index (χ1n) is 5.87. The summed E-state index contributed by atoms with van der Waals surface area (Å²) in [5.41, 5.74) is 7.96. The van der Waals surface area contributed by atoms with Gasteiger partial charge in [0.25, 0.3) is 0 Å². The number of rotatable bonds is 6. The SMILES string of the molecule is CCN(CCO)C(C)Cc1ccccc1N. The van der Waals surface area contributed by atoms with Crippen LogP contribution in [0.1, 0.15) is 19.4 Å². The van der Waals surface area contributed by atoms with E-state index in [1.165, 1.54) is 5.56 Å². The number of para-hydroxylation sites is 1. The van der Waals surface area contributed by atoms with Crippen LogP contribution in [0, 0.1) is 0 Å². The van der Waals surface area contributed by atoms with Gasteiger partial charge in [-0.2, -0.15) is 0 Å². The molecule has 1 atom stereocenters. The second-order valence-corrected chi connectivity index (χ2v) is 4.10. The van der Waals surface area contributed by atoms with E-state index in [9.17, 15) is 0 Å². The number of likely N-dealkylation sites (N-methyl/N-ethyl adjacent to an activating group) is 1. The summed E-state index contributed by atoms with van der Waals surface area (Å²) < 4.78 is 0. The molecule has 0 aliphatic carbocycles. The standard InChI is InChI=1S/C13H22N2O/c1-3-15(8-9-16)11(2)10-12-6-4-5-7-13(12)14/h4-7,11,16H,3,8-10,14H2,1-2H3. The molecule has 0 amide bonds. The molecular weight excluding hydrogens is 200 g/mol. The van der Waals surface area contributed by atoms with Crippen LogP contribution in [0.2, 0.25) is 0 Å². The van der Waals surface area contributed by atoms with Crippen molar-refractivity contribution in [2.45, 2.75) is 26.3 Å². The third kappa shape index (κ3) is 3.51. The van der Waals surface area contributed by atoms with Gasteiger partial charge in [-0.25, -0.2) is 0 Å². The van der Waals surface area contributed by atoms with Crippen LogP contribution in [0.15, 0.2) is 24.3 Å². The van der Waals surface area contributed by atoms with Crippen LogP contribution in [0.5, 0.6) is 0 Å². The third-order valence-corrected chi connectivity index (χ3v) is 2.99. The number of aliphatic hydroxyl groups excluding tert-OH is 1. The van der Waals surface area contributed by atoms with Gasteiger partial charge in [0.2, 0.25) is 0 Å². The van der Waals surface area contributed by atoms with Crippen LogP contribution >= 0.6 is 0 Å². The average Bonchev–Trinajstić information content (AvgIpc) is 2.29. The van der Waals surface area contributed by atoms with E-state index in [4.69, 9.17) is 10.8 Å². The lowest BCUT2D eigenvalue weighted by Crippen LogP contribution is -2.36. The van der Waals surface area contributed by atoms with Crippen molar-refractivity contribution < 1.29 is 5.11 Å². The first-order valence-corrected chi connectivity index (χ1v) is 5.87. The normalized spacial score (nSPS) is 13.0. The van der Waals surface area contributed by atoms with E-state index >= 15 is 0 Å². The van der Waals surface area contributed by atoms with Gasteiger partial charge in [-0.05, 0) is 31.5 Å². The Morgan fingerprint density at radius 1 is 1.38 bits per heavy atom. The van der Waals surface area contributed by atoms with Gasteiger partial charge in [-0.15, -0.1) is 0 Å². The molecule has 0 saturated carbocycles. The summed E-state index contributed by atoms with van der Waals surface area (Å²) in [7, 11) is 0. The lowest BCUT2D eigenvalue weighted by molar-refractivity contribution is 0.164. The fourth-order valence-corrected chi connectivity index (χ4v) is 1.99. The highest BCUT2D eigenvalue weighted by molar-refractivity contribution is 5.46. The van der Waals surface area contributed by atoms with E-state index in [0.717, 1.165) is 25.2 Å². The summed E-state index contributed by atoms with van der Waals surface area (Å²) in [5.74, 6) is 0. The Morgan fingerprint density at radius 2 is 2.06 bits per heavy atom. The zero-order chi connectivity index (χ0) is 12.0. The van der Waals surface area contributed by atoms with Gasteiger partial charge in [0.15, 0.2) is 0 Å². The number of nitrogens with two attached hydrogens (primary N) is 1. The number of benzene rings is 1. The average molecular weight is 222 g/mol. The maximum atomic E-state index is 8.97. The second-order valence-electron chi connectivity index (χ2n) is 4.10. The largest absolute Gasteiger partial charge is 0.399 e. The fourth-order valence-electron chi connectivity index (χ4n) is 1.99. The molecule has 1 aromatic carbocycles. The van der Waals surface area contributed by atoms with Crippen molar-refractivity contribution in [1.82, 2.24) is 4.90 Å². The Morgan fingerprint density at radius 3 is 2.62 bits per heavy atom. The number of anilines is 1. The summed E-state index contributed by atoms with van der Waals surface area (Å²) in [5, 5.41) is 8.97. The molecule has 0 aliphatic rings. The molecule has 3 heteroatoms. The molecule has 3 nitrogen and oxygen atoms in total. The van der Waals surface area contributed by atoms with Crippen molar-refractivity contribution in [3.05, 3.63) is 29.8 Å². The van der Waals surface area contributed by atoms with Crippen LogP contribution < -0.4 is 5.73 Å². The molecule has 1 unspecified atom stereocenters. The summed E-state index contributed by atoms with van der Waals surface area (Å²) in [6, 6.07) is 8.38. The first kappa shape index (κ1) is 13.0. The van der Waals surface area contributed by atoms with Gasteiger partial charge < -0.3 is 10.8 Å². The molecule has 0 radical (unpaired) electrons. The van der Waals surface area contributed by atoms with Crippen molar-refractivity contribution in [1.29, 1.82) is 0 Å². The fraction of sp³-hybridized carbons (Fsp3) is 0.538. The summed E-state index contributed by atoms with van der Waals surface area (Å²) in [6.07, 6.45) is 0.931. The van der Waals surface area contributed by atoms with E-state index in [0.29, 0.717) is 6.04 Å². The van der Waals surface area contributed by atoms with Crippen molar-refractivity contribution in [3.8, 4) is 0 Å². The van der Waals surface area contributed by atoms with Crippen LogP contribution in [-0.4, -0.2) is 35.7 Å². The van der Waals surface area contributed by atoms with Crippen LogP contribution in [0.3, 0.4) is 0 Å². The highest BCUT2D eigenvalue weighted by Gasteiger charge is 2.12. The van der Waals surface area contributed by atoms with Crippen LogP contribution in [0.25, 0.3) is 0 Å². The molecule has 0 spiro atoms. The molecule has 1 aromatic rings. The number of hydrogen-bond acceptors (Lipinski definition) is 3. The lowest BCUT2D eigenvalue weighted by Gasteiger charge is -2.27. The zero-order valence-electron chi connectivity index (χ0n) is 10.2. The Kier molecular flexibility index (Phi) is 5.29. The van der Waals surface area contributed by atoms with E-state index in [1.807, 2.05) is 18.2 Å². The molecule has 1 rings (SSSR count). The zero-order valence-corrected chi connectivity index (χ0v) is 10.2. The quantitative estimate of drug-likeness (QED) is 0.717. The summed E-state index contributed by atoms with van der Waals surface area (Å²) >= 11 is 0. The molecular formula is C13H22N2O. The number of nitrogens with zero attached hydrogens (tertiary/aromatic N) is 1. The van der Waals surface area contributed by atoms with E-state index in [2.05, 4.69) is 24.8 Å². The van der Waals surface area contributed by atoms with Gasteiger partial charge in [0.1, 0.15) is 0 Å². The second kappa shape index (κ2) is 6.51. The van der Waals surface area contributed by atoms with Crippen molar-refractivity contribution in [2.24, 2.45) is 0 Å². The monoisotopic (exact) mass is 222 g/mol. The third-order valence-electron chi connectivity index (χ3n) is 2.99. The van der Waals surface area contributed by atoms with E-state index in [-0.39, 0.29) is 6.61 Å². The van der Waals surface area contributed by atoms with Crippen molar-refractivity contribution in [2.75, 3.05) is 25.4 Å². The van der Waals surface area contributed by atoms with Crippen LogP contribution in [0.4, 0.5) is 5.69 Å². The maximum absolute atomic E-state index is 8.97. The molecule has 3 N–H and O–H groups in total. The minimum absolute atomic E-state index is 0.211. The minimum atomic E-state index is 0.211. The topological polar surface area (TPSA) is 49.5 Å². The lowest BCUT2D eigenvalue weighted by atomic mass is 10.0. The first-order chi connectivity index (χ1) is 7.69. The molecule has 0 fully saturated rings. The molecule has 90 valence electrons. The Labute approximate surface area is 97.9 Å². The number of aliphatic hydroxyl groups is 1. The molecule has 0 saturated heterocycles. The Hall–Kier alpha value is -1.06. The molecule has 0 bridgehead atoms. The molecule has 0 aromatic heterocycles. The van der Waals surface area contributed by atoms with Gasteiger partial charge in [0, 0.05) is 18.3 Å².